The van der Waals surface area contributed by atoms with Gasteiger partial charge in [-0.05, 0) is 56.6 Å². The molecule has 0 atom stereocenters. The molecule has 1 heteroatoms. The fourth-order valence-corrected chi connectivity index (χ4v) is 4.00. The number of hydrogen-bond acceptors (Lipinski definition) is 1. The smallest absolute Gasteiger partial charge is 0.0320 e. The first-order valence-corrected chi connectivity index (χ1v) is 10.5. The molecule has 5 aromatic carbocycles. The summed E-state index contributed by atoms with van der Waals surface area (Å²) in [6.07, 6.45) is 0. The highest BCUT2D eigenvalue weighted by molar-refractivity contribution is 5.87. The topological polar surface area (TPSA) is 26.0 Å². The van der Waals surface area contributed by atoms with E-state index >= 15 is 0 Å². The lowest BCUT2D eigenvalue weighted by molar-refractivity contribution is 1.56. The van der Waals surface area contributed by atoms with Crippen molar-refractivity contribution >= 4 is 5.69 Å². The van der Waals surface area contributed by atoms with Crippen molar-refractivity contribution in [2.75, 3.05) is 5.73 Å². The van der Waals surface area contributed by atoms with Gasteiger partial charge >= 0.3 is 0 Å². The van der Waals surface area contributed by atoms with Crippen LogP contribution < -0.4 is 5.73 Å². The fraction of sp³-hybridized carbons (Fsp3) is 0. The van der Waals surface area contributed by atoms with Crippen LogP contribution in [-0.4, -0.2) is 0 Å². The van der Waals surface area contributed by atoms with E-state index in [4.69, 9.17) is 5.73 Å². The minimum atomic E-state index is 0.770. The van der Waals surface area contributed by atoms with Gasteiger partial charge in [-0.15, -0.1) is 0 Å². The van der Waals surface area contributed by atoms with Gasteiger partial charge in [-0.1, -0.05) is 115 Å². The molecule has 0 fully saturated rings. The summed E-state index contributed by atoms with van der Waals surface area (Å²) in [6, 6.07) is 44.5. The molecule has 5 rings (SSSR count). The van der Waals surface area contributed by atoms with Crippen molar-refractivity contribution in [3.63, 3.8) is 0 Å². The van der Waals surface area contributed by atoms with Crippen LogP contribution in [0.15, 0.2) is 127 Å². The molecule has 0 spiro atoms. The molecule has 148 valence electrons. The van der Waals surface area contributed by atoms with Gasteiger partial charge in [-0.25, -0.2) is 0 Å². The molecule has 1 nitrogen and oxygen atoms in total. The Morgan fingerprint density at radius 3 is 1.19 bits per heavy atom. The first kappa shape index (κ1) is 18.9. The highest BCUT2D eigenvalue weighted by Crippen LogP contribution is 2.35. The summed E-state index contributed by atoms with van der Waals surface area (Å²) < 4.78 is 0. The lowest BCUT2D eigenvalue weighted by Gasteiger charge is -2.13. The largest absolute Gasteiger partial charge is 0.399 e. The SMILES string of the molecule is Nc1ccc(-c2ccc(-c3ccccc3)cc2)c(-c2ccc(-c3ccccc3)cc2)c1. The highest BCUT2D eigenvalue weighted by atomic mass is 14.5. The van der Waals surface area contributed by atoms with E-state index in [2.05, 4.69) is 109 Å². The van der Waals surface area contributed by atoms with Crippen LogP contribution in [0.25, 0.3) is 44.5 Å². The summed E-state index contributed by atoms with van der Waals surface area (Å²) in [7, 11) is 0. The van der Waals surface area contributed by atoms with Gasteiger partial charge in [0.2, 0.25) is 0 Å². The van der Waals surface area contributed by atoms with Gasteiger partial charge in [0.05, 0.1) is 0 Å². The Bertz CT molecular complexity index is 1290. The van der Waals surface area contributed by atoms with Crippen molar-refractivity contribution < 1.29 is 0 Å². The molecule has 0 aliphatic rings. The average molecular weight is 398 g/mol. The average Bonchev–Trinajstić information content (AvgIpc) is 2.85. The summed E-state index contributed by atoms with van der Waals surface area (Å²) in [5, 5.41) is 0. The lowest BCUT2D eigenvalue weighted by Crippen LogP contribution is -1.90. The van der Waals surface area contributed by atoms with E-state index in [-0.39, 0.29) is 0 Å². The monoisotopic (exact) mass is 397 g/mol. The quantitative estimate of drug-likeness (QED) is 0.306. The van der Waals surface area contributed by atoms with Crippen LogP contribution in [0.2, 0.25) is 0 Å². The second kappa shape index (κ2) is 8.33. The fourth-order valence-electron chi connectivity index (χ4n) is 4.00. The Morgan fingerprint density at radius 1 is 0.323 bits per heavy atom. The number of rotatable bonds is 4. The van der Waals surface area contributed by atoms with E-state index in [1.807, 2.05) is 18.2 Å². The van der Waals surface area contributed by atoms with E-state index in [0.717, 1.165) is 16.8 Å². The van der Waals surface area contributed by atoms with E-state index < -0.39 is 0 Å². The molecule has 0 bridgehead atoms. The van der Waals surface area contributed by atoms with Gasteiger partial charge in [0, 0.05) is 5.69 Å². The zero-order chi connectivity index (χ0) is 21.0. The number of anilines is 1. The highest BCUT2D eigenvalue weighted by Gasteiger charge is 2.09. The molecule has 0 radical (unpaired) electrons. The van der Waals surface area contributed by atoms with Crippen molar-refractivity contribution in [1.29, 1.82) is 0 Å². The van der Waals surface area contributed by atoms with Crippen LogP contribution >= 0.6 is 0 Å². The minimum absolute atomic E-state index is 0.770. The second-order valence-electron chi connectivity index (χ2n) is 7.69. The van der Waals surface area contributed by atoms with Crippen LogP contribution in [0.5, 0.6) is 0 Å². The lowest BCUT2D eigenvalue weighted by atomic mass is 9.92. The molecule has 0 heterocycles. The summed E-state index contributed by atoms with van der Waals surface area (Å²) in [4.78, 5) is 0. The molecule has 0 unspecified atom stereocenters. The van der Waals surface area contributed by atoms with E-state index in [1.165, 1.54) is 33.4 Å². The summed E-state index contributed by atoms with van der Waals surface area (Å²) in [5.74, 6) is 0. The molecule has 0 aliphatic heterocycles. The number of hydrogen-bond donors (Lipinski definition) is 1. The number of nitrogen functional groups attached to an aromatic ring is 1. The van der Waals surface area contributed by atoms with Gasteiger partial charge in [-0.2, -0.15) is 0 Å². The van der Waals surface area contributed by atoms with Crippen molar-refractivity contribution in [1.82, 2.24) is 0 Å². The maximum absolute atomic E-state index is 6.16. The molecule has 0 aromatic heterocycles. The predicted molar refractivity (Wildman–Crippen MR) is 133 cm³/mol. The van der Waals surface area contributed by atoms with Crippen LogP contribution in [0.3, 0.4) is 0 Å². The molecule has 0 saturated heterocycles. The first-order chi connectivity index (χ1) is 15.3. The molecule has 31 heavy (non-hydrogen) atoms. The molecule has 2 N–H and O–H groups in total. The maximum Gasteiger partial charge on any atom is 0.0320 e. The third-order valence-electron chi connectivity index (χ3n) is 5.65. The summed E-state index contributed by atoms with van der Waals surface area (Å²) in [5.41, 5.74) is 16.5. The van der Waals surface area contributed by atoms with Gasteiger partial charge < -0.3 is 5.73 Å². The van der Waals surface area contributed by atoms with Gasteiger partial charge in [0.25, 0.3) is 0 Å². The zero-order valence-electron chi connectivity index (χ0n) is 17.2. The van der Waals surface area contributed by atoms with E-state index in [0.29, 0.717) is 0 Å². The first-order valence-electron chi connectivity index (χ1n) is 10.5. The van der Waals surface area contributed by atoms with Crippen LogP contribution in [-0.2, 0) is 0 Å². The Hall–Kier alpha value is -4.10. The predicted octanol–water partition coefficient (Wildman–Crippen LogP) is 7.94. The van der Waals surface area contributed by atoms with Crippen LogP contribution in [0.4, 0.5) is 5.69 Å². The Balaban J connectivity index is 1.52. The second-order valence-corrected chi connectivity index (χ2v) is 7.69. The molecule has 0 amide bonds. The van der Waals surface area contributed by atoms with Crippen LogP contribution in [0, 0.1) is 0 Å². The maximum atomic E-state index is 6.16. The molecular weight excluding hydrogens is 374 g/mol. The van der Waals surface area contributed by atoms with Gasteiger partial charge in [0.15, 0.2) is 0 Å². The summed E-state index contributed by atoms with van der Waals surface area (Å²) in [6.45, 7) is 0. The third-order valence-corrected chi connectivity index (χ3v) is 5.65. The third kappa shape index (κ3) is 3.99. The summed E-state index contributed by atoms with van der Waals surface area (Å²) >= 11 is 0. The molecular formula is C30H23N. The normalized spacial score (nSPS) is 10.7. The molecule has 0 saturated carbocycles. The minimum Gasteiger partial charge on any atom is -0.399 e. The Kier molecular flexibility index (Phi) is 5.08. The zero-order valence-corrected chi connectivity index (χ0v) is 17.2. The standard InChI is InChI=1S/C30H23N/c31-28-19-20-29(26-15-11-24(12-16-26)22-7-3-1-4-8-22)30(21-28)27-17-13-25(14-18-27)23-9-5-2-6-10-23/h1-21H,31H2. The number of benzene rings is 5. The van der Waals surface area contributed by atoms with E-state index in [9.17, 15) is 0 Å². The van der Waals surface area contributed by atoms with Gasteiger partial charge in [0.1, 0.15) is 0 Å². The Morgan fingerprint density at radius 2 is 0.710 bits per heavy atom. The Labute approximate surface area is 183 Å². The number of nitrogens with two attached hydrogens (primary N) is 1. The van der Waals surface area contributed by atoms with Crippen molar-refractivity contribution in [3.8, 4) is 44.5 Å². The van der Waals surface area contributed by atoms with Crippen molar-refractivity contribution in [2.45, 2.75) is 0 Å². The van der Waals surface area contributed by atoms with Gasteiger partial charge in [-0.3, -0.25) is 0 Å². The van der Waals surface area contributed by atoms with Crippen molar-refractivity contribution in [3.05, 3.63) is 127 Å². The van der Waals surface area contributed by atoms with Crippen molar-refractivity contribution in [2.24, 2.45) is 0 Å². The molecule has 5 aromatic rings. The van der Waals surface area contributed by atoms with Crippen LogP contribution in [0.1, 0.15) is 0 Å². The molecule has 0 aliphatic carbocycles. The van der Waals surface area contributed by atoms with E-state index in [1.54, 1.807) is 0 Å².